The Morgan fingerprint density at radius 2 is 2.04 bits per heavy atom. The number of fused-ring (bicyclic) bond motifs is 1. The van der Waals surface area contributed by atoms with Crippen molar-refractivity contribution in [2.24, 2.45) is 0 Å². The first-order chi connectivity index (χ1) is 12.2. The van der Waals surface area contributed by atoms with Gasteiger partial charge in [-0.25, -0.2) is 0 Å². The number of methoxy groups -OCH3 is 1. The predicted molar refractivity (Wildman–Crippen MR) is 97.0 cm³/mol. The van der Waals surface area contributed by atoms with E-state index < -0.39 is 0 Å². The van der Waals surface area contributed by atoms with E-state index in [4.69, 9.17) is 27.9 Å². The molecule has 126 valence electrons. The monoisotopic (exact) mass is 373 g/mol. The zero-order chi connectivity index (χ0) is 17.4. The van der Waals surface area contributed by atoms with Crippen molar-refractivity contribution in [2.45, 2.75) is 6.04 Å². The fraction of sp³-hybridized carbons (Fsp3) is 0.118. The molecule has 25 heavy (non-hydrogen) atoms. The number of tetrazole rings is 1. The van der Waals surface area contributed by atoms with Crippen LogP contribution in [0.5, 0.6) is 5.75 Å². The lowest BCUT2D eigenvalue weighted by Crippen LogP contribution is -2.20. The molecular formula is C17H13Cl2N5O. The molecule has 1 N–H and O–H groups in total. The lowest BCUT2D eigenvalue weighted by Gasteiger charge is -2.24. The third kappa shape index (κ3) is 2.94. The highest BCUT2D eigenvalue weighted by Gasteiger charge is 2.26. The Kier molecular flexibility index (Phi) is 4.07. The molecule has 0 spiro atoms. The van der Waals surface area contributed by atoms with Crippen molar-refractivity contribution >= 4 is 34.8 Å². The van der Waals surface area contributed by atoms with Crippen LogP contribution in [-0.2, 0) is 0 Å². The van der Waals surface area contributed by atoms with Crippen LogP contribution in [0.4, 0.5) is 5.95 Å². The minimum absolute atomic E-state index is 0.253. The Morgan fingerprint density at radius 1 is 1.16 bits per heavy atom. The maximum atomic E-state index is 6.40. The highest BCUT2D eigenvalue weighted by Crippen LogP contribution is 2.36. The van der Waals surface area contributed by atoms with Gasteiger partial charge in [0.05, 0.1) is 7.11 Å². The molecule has 0 radical (unpaired) electrons. The van der Waals surface area contributed by atoms with Gasteiger partial charge in [0.1, 0.15) is 11.8 Å². The molecule has 0 amide bonds. The zero-order valence-electron chi connectivity index (χ0n) is 13.1. The number of anilines is 1. The van der Waals surface area contributed by atoms with E-state index in [0.717, 1.165) is 22.6 Å². The van der Waals surface area contributed by atoms with Crippen molar-refractivity contribution < 1.29 is 4.74 Å². The van der Waals surface area contributed by atoms with Gasteiger partial charge in [-0.2, -0.15) is 4.68 Å². The summed E-state index contributed by atoms with van der Waals surface area (Å²) in [4.78, 5) is 0. The van der Waals surface area contributed by atoms with Gasteiger partial charge in [0, 0.05) is 21.3 Å². The predicted octanol–water partition coefficient (Wildman–Crippen LogP) is 4.04. The quantitative estimate of drug-likeness (QED) is 0.750. The van der Waals surface area contributed by atoms with Crippen molar-refractivity contribution in [2.75, 3.05) is 12.4 Å². The van der Waals surface area contributed by atoms with Gasteiger partial charge in [-0.15, -0.1) is 0 Å². The minimum Gasteiger partial charge on any atom is -0.497 e. The summed E-state index contributed by atoms with van der Waals surface area (Å²) in [5.41, 5.74) is 2.70. The molecule has 0 saturated carbocycles. The molecule has 1 aliphatic heterocycles. The van der Waals surface area contributed by atoms with Crippen LogP contribution in [-0.4, -0.2) is 27.3 Å². The maximum absolute atomic E-state index is 6.40. The summed E-state index contributed by atoms with van der Waals surface area (Å²) in [5, 5.41) is 16.3. The normalized spacial score (nSPS) is 16.0. The number of rotatable bonds is 3. The van der Waals surface area contributed by atoms with Crippen LogP contribution in [0.25, 0.3) is 5.70 Å². The molecule has 2 heterocycles. The van der Waals surface area contributed by atoms with Crippen molar-refractivity contribution in [3.05, 3.63) is 69.7 Å². The highest BCUT2D eigenvalue weighted by molar-refractivity contribution is 6.35. The second kappa shape index (κ2) is 6.38. The third-order valence-corrected chi connectivity index (χ3v) is 4.55. The van der Waals surface area contributed by atoms with Gasteiger partial charge in [0.15, 0.2) is 0 Å². The average molecular weight is 374 g/mol. The molecule has 4 rings (SSSR count). The largest absolute Gasteiger partial charge is 0.497 e. The first kappa shape index (κ1) is 15.9. The topological polar surface area (TPSA) is 64.9 Å². The van der Waals surface area contributed by atoms with Gasteiger partial charge < -0.3 is 10.1 Å². The van der Waals surface area contributed by atoms with Crippen LogP contribution in [0.3, 0.4) is 0 Å². The first-order valence-corrected chi connectivity index (χ1v) is 8.27. The van der Waals surface area contributed by atoms with Crippen LogP contribution in [0.2, 0.25) is 10.0 Å². The highest BCUT2D eigenvalue weighted by atomic mass is 35.5. The molecule has 6 nitrogen and oxygen atoms in total. The molecule has 8 heteroatoms. The lowest BCUT2D eigenvalue weighted by molar-refractivity contribution is 0.414. The van der Waals surface area contributed by atoms with Crippen molar-refractivity contribution in [3.8, 4) is 5.75 Å². The molecular weight excluding hydrogens is 361 g/mol. The fourth-order valence-corrected chi connectivity index (χ4v) is 3.30. The number of aromatic nitrogens is 4. The van der Waals surface area contributed by atoms with E-state index in [1.54, 1.807) is 23.9 Å². The number of benzene rings is 2. The van der Waals surface area contributed by atoms with E-state index in [2.05, 4.69) is 20.8 Å². The molecule has 1 unspecified atom stereocenters. The summed E-state index contributed by atoms with van der Waals surface area (Å²) >= 11 is 12.4. The van der Waals surface area contributed by atoms with Crippen LogP contribution >= 0.6 is 23.2 Å². The number of hydrogen-bond acceptors (Lipinski definition) is 5. The lowest BCUT2D eigenvalue weighted by atomic mass is 10.0. The SMILES string of the molecule is COc1cccc(C2=CC(c3ccc(Cl)cc3Cl)n3nnnc3N2)c1. The third-order valence-electron chi connectivity index (χ3n) is 3.99. The maximum Gasteiger partial charge on any atom is 0.248 e. The Labute approximate surface area is 154 Å². The Balaban J connectivity index is 1.83. The Hall–Kier alpha value is -2.57. The van der Waals surface area contributed by atoms with Gasteiger partial charge >= 0.3 is 0 Å². The van der Waals surface area contributed by atoms with E-state index in [1.165, 1.54) is 0 Å². The van der Waals surface area contributed by atoms with Crippen LogP contribution in [0.15, 0.2) is 48.5 Å². The van der Waals surface area contributed by atoms with E-state index in [-0.39, 0.29) is 6.04 Å². The Bertz CT molecular complexity index is 969. The van der Waals surface area contributed by atoms with E-state index in [0.29, 0.717) is 16.0 Å². The number of halogens is 2. The van der Waals surface area contributed by atoms with E-state index in [1.807, 2.05) is 36.4 Å². The minimum atomic E-state index is -0.253. The van der Waals surface area contributed by atoms with Gasteiger partial charge in [-0.1, -0.05) is 46.5 Å². The summed E-state index contributed by atoms with van der Waals surface area (Å²) < 4.78 is 6.99. The van der Waals surface area contributed by atoms with Crippen molar-refractivity contribution in [1.82, 2.24) is 20.2 Å². The van der Waals surface area contributed by atoms with E-state index >= 15 is 0 Å². The standard InChI is InChI=1S/C17H13Cl2N5O/c1-25-12-4-2-3-10(7-12)15-9-16(24-17(20-15)21-22-23-24)13-6-5-11(18)8-14(13)19/h2-9,16H,1H3,(H,20,21,23). The summed E-state index contributed by atoms with van der Waals surface area (Å²) in [6.45, 7) is 0. The Morgan fingerprint density at radius 3 is 2.84 bits per heavy atom. The van der Waals surface area contributed by atoms with Crippen molar-refractivity contribution in [3.63, 3.8) is 0 Å². The van der Waals surface area contributed by atoms with Crippen LogP contribution in [0, 0.1) is 0 Å². The van der Waals surface area contributed by atoms with Crippen LogP contribution < -0.4 is 10.1 Å². The van der Waals surface area contributed by atoms with Crippen LogP contribution in [0.1, 0.15) is 17.2 Å². The number of nitrogens with zero attached hydrogens (tertiary/aromatic N) is 4. The molecule has 0 aliphatic carbocycles. The second-order valence-corrected chi connectivity index (χ2v) is 6.34. The molecule has 1 atom stereocenters. The molecule has 0 fully saturated rings. The molecule has 0 saturated heterocycles. The number of hydrogen-bond donors (Lipinski definition) is 1. The smallest absolute Gasteiger partial charge is 0.248 e. The number of ether oxygens (including phenoxy) is 1. The van der Waals surface area contributed by atoms with E-state index in [9.17, 15) is 0 Å². The molecule has 0 bridgehead atoms. The first-order valence-electron chi connectivity index (χ1n) is 7.52. The number of nitrogens with one attached hydrogen (secondary N) is 1. The van der Waals surface area contributed by atoms with Gasteiger partial charge in [-0.3, -0.25) is 0 Å². The van der Waals surface area contributed by atoms with Gasteiger partial charge in [-0.05, 0) is 46.3 Å². The number of allylic oxidation sites excluding steroid dienone is 1. The zero-order valence-corrected chi connectivity index (χ0v) is 14.7. The summed E-state index contributed by atoms with van der Waals surface area (Å²) in [6.07, 6.45) is 2.02. The van der Waals surface area contributed by atoms with Crippen molar-refractivity contribution in [1.29, 1.82) is 0 Å². The second-order valence-electron chi connectivity index (χ2n) is 5.50. The molecule has 2 aromatic carbocycles. The molecule has 1 aliphatic rings. The summed E-state index contributed by atoms with van der Waals surface area (Å²) in [7, 11) is 1.64. The average Bonchev–Trinajstić information content (AvgIpc) is 3.10. The summed E-state index contributed by atoms with van der Waals surface area (Å²) in [6, 6.07) is 12.9. The molecule has 1 aromatic heterocycles. The van der Waals surface area contributed by atoms with Gasteiger partial charge in [0.25, 0.3) is 0 Å². The molecule has 3 aromatic rings. The summed E-state index contributed by atoms with van der Waals surface area (Å²) in [5.74, 6) is 1.31. The van der Waals surface area contributed by atoms with Gasteiger partial charge in [0.2, 0.25) is 5.95 Å². The fourth-order valence-electron chi connectivity index (χ4n) is 2.78.